The molecule has 5 nitrogen and oxygen atoms in total. The quantitative estimate of drug-likeness (QED) is 0.787. The molecule has 0 aliphatic carbocycles. The lowest BCUT2D eigenvalue weighted by molar-refractivity contribution is -0.136. The molecule has 0 aromatic heterocycles. The van der Waals surface area contributed by atoms with Crippen LogP contribution in [0, 0.1) is 5.92 Å². The van der Waals surface area contributed by atoms with Crippen molar-refractivity contribution >= 4 is 17.4 Å². The van der Waals surface area contributed by atoms with Crippen molar-refractivity contribution in [1.82, 2.24) is 9.80 Å². The second kappa shape index (κ2) is 7.56. The highest BCUT2D eigenvalue weighted by molar-refractivity contribution is 5.94. The van der Waals surface area contributed by atoms with Gasteiger partial charge < -0.3 is 9.80 Å². The zero-order valence-corrected chi connectivity index (χ0v) is 15.6. The van der Waals surface area contributed by atoms with Gasteiger partial charge in [-0.2, -0.15) is 0 Å². The maximum atomic E-state index is 12.8. The normalized spacial score (nSPS) is 21.8. The molecule has 0 bridgehead atoms. The Labute approximate surface area is 150 Å². The lowest BCUT2D eigenvalue weighted by Crippen LogP contribution is -2.52. The number of benzene rings is 1. The zero-order valence-electron chi connectivity index (χ0n) is 15.6. The largest absolute Gasteiger partial charge is 0.371 e. The third-order valence-electron chi connectivity index (χ3n) is 5.53. The van der Waals surface area contributed by atoms with Gasteiger partial charge in [-0.3, -0.25) is 14.5 Å². The summed E-state index contributed by atoms with van der Waals surface area (Å²) >= 11 is 0. The highest BCUT2D eigenvalue weighted by Crippen LogP contribution is 2.26. The van der Waals surface area contributed by atoms with Gasteiger partial charge >= 0.3 is 0 Å². The number of amides is 1. The SMILES string of the molecule is CC(=O)c1ccc(N2CC[C@H](C(=O)N3CCN(C(C)C)CC3)C2)cc1. The van der Waals surface area contributed by atoms with Crippen molar-refractivity contribution in [2.75, 3.05) is 44.2 Å². The van der Waals surface area contributed by atoms with Crippen LogP contribution in [0.3, 0.4) is 0 Å². The van der Waals surface area contributed by atoms with E-state index in [4.69, 9.17) is 0 Å². The summed E-state index contributed by atoms with van der Waals surface area (Å²) in [4.78, 5) is 31.0. The summed E-state index contributed by atoms with van der Waals surface area (Å²) in [5, 5.41) is 0. The van der Waals surface area contributed by atoms with E-state index in [0.717, 1.165) is 56.9 Å². The van der Waals surface area contributed by atoms with Crippen molar-refractivity contribution in [2.24, 2.45) is 5.92 Å². The molecule has 0 radical (unpaired) electrons. The highest BCUT2D eigenvalue weighted by atomic mass is 16.2. The number of nitrogens with zero attached hydrogens (tertiary/aromatic N) is 3. The average molecular weight is 343 g/mol. The minimum Gasteiger partial charge on any atom is -0.371 e. The molecule has 1 aromatic rings. The molecule has 0 N–H and O–H groups in total. The predicted octanol–water partition coefficient (Wildman–Crippen LogP) is 2.27. The molecule has 2 heterocycles. The molecule has 2 aliphatic heterocycles. The van der Waals surface area contributed by atoms with Gasteiger partial charge in [-0.05, 0) is 51.5 Å². The molecule has 0 unspecified atom stereocenters. The molecular weight excluding hydrogens is 314 g/mol. The summed E-state index contributed by atoms with van der Waals surface area (Å²) in [6.07, 6.45) is 0.914. The van der Waals surface area contributed by atoms with E-state index in [-0.39, 0.29) is 11.7 Å². The van der Waals surface area contributed by atoms with Gasteiger partial charge in [-0.15, -0.1) is 0 Å². The summed E-state index contributed by atoms with van der Waals surface area (Å²) in [5.74, 6) is 0.492. The fourth-order valence-corrected chi connectivity index (χ4v) is 3.82. The molecule has 1 aromatic carbocycles. The van der Waals surface area contributed by atoms with Crippen LogP contribution in [0.4, 0.5) is 5.69 Å². The Kier molecular flexibility index (Phi) is 5.42. The van der Waals surface area contributed by atoms with E-state index in [1.807, 2.05) is 29.2 Å². The zero-order chi connectivity index (χ0) is 18.0. The van der Waals surface area contributed by atoms with Crippen LogP contribution in [0.2, 0.25) is 0 Å². The van der Waals surface area contributed by atoms with Gasteiger partial charge in [0, 0.05) is 56.6 Å². The van der Waals surface area contributed by atoms with Crippen LogP contribution in [0.5, 0.6) is 0 Å². The van der Waals surface area contributed by atoms with Gasteiger partial charge in [-0.25, -0.2) is 0 Å². The molecule has 2 saturated heterocycles. The number of piperazine rings is 1. The predicted molar refractivity (Wildman–Crippen MR) is 100 cm³/mol. The number of hydrogen-bond donors (Lipinski definition) is 0. The Morgan fingerprint density at radius 2 is 1.64 bits per heavy atom. The standard InChI is InChI=1S/C20H29N3O2/c1-15(2)21-10-12-22(13-11-21)20(25)18-8-9-23(14-18)19-6-4-17(5-7-19)16(3)24/h4-7,15,18H,8-14H2,1-3H3/t18-/m0/s1. The van der Waals surface area contributed by atoms with Crippen LogP contribution in [-0.2, 0) is 4.79 Å². The molecule has 136 valence electrons. The van der Waals surface area contributed by atoms with Crippen molar-refractivity contribution in [3.63, 3.8) is 0 Å². The summed E-state index contributed by atoms with van der Waals surface area (Å²) in [7, 11) is 0. The molecule has 2 fully saturated rings. The number of anilines is 1. The second-order valence-corrected chi connectivity index (χ2v) is 7.49. The van der Waals surface area contributed by atoms with Gasteiger partial charge in [0.1, 0.15) is 0 Å². The topological polar surface area (TPSA) is 43.9 Å². The summed E-state index contributed by atoms with van der Waals surface area (Å²) in [5.41, 5.74) is 1.84. The van der Waals surface area contributed by atoms with Crippen molar-refractivity contribution in [3.05, 3.63) is 29.8 Å². The average Bonchev–Trinajstić information content (AvgIpc) is 3.11. The van der Waals surface area contributed by atoms with Crippen molar-refractivity contribution in [3.8, 4) is 0 Å². The van der Waals surface area contributed by atoms with E-state index in [2.05, 4.69) is 23.6 Å². The van der Waals surface area contributed by atoms with E-state index in [1.54, 1.807) is 6.92 Å². The lowest BCUT2D eigenvalue weighted by Gasteiger charge is -2.37. The first kappa shape index (κ1) is 17.9. The summed E-state index contributed by atoms with van der Waals surface area (Å²) in [6.45, 7) is 11.3. The minimum absolute atomic E-state index is 0.0848. The fourth-order valence-electron chi connectivity index (χ4n) is 3.82. The Morgan fingerprint density at radius 3 is 2.20 bits per heavy atom. The third-order valence-corrected chi connectivity index (χ3v) is 5.53. The molecule has 3 rings (SSSR count). The molecule has 0 spiro atoms. The van der Waals surface area contributed by atoms with E-state index in [1.165, 1.54) is 0 Å². The maximum Gasteiger partial charge on any atom is 0.227 e. The van der Waals surface area contributed by atoms with Crippen LogP contribution in [-0.4, -0.2) is 66.8 Å². The number of carbonyl (C=O) groups excluding carboxylic acids is 2. The second-order valence-electron chi connectivity index (χ2n) is 7.49. The molecule has 0 saturated carbocycles. The van der Waals surface area contributed by atoms with Gasteiger partial charge in [0.25, 0.3) is 0 Å². The molecule has 1 amide bonds. The number of ketones is 1. The van der Waals surface area contributed by atoms with E-state index in [9.17, 15) is 9.59 Å². The minimum atomic E-state index is 0.0848. The molecular formula is C20H29N3O2. The number of hydrogen-bond acceptors (Lipinski definition) is 4. The Hall–Kier alpha value is -1.88. The fraction of sp³-hybridized carbons (Fsp3) is 0.600. The Morgan fingerprint density at radius 1 is 1.00 bits per heavy atom. The van der Waals surface area contributed by atoms with Gasteiger partial charge in [-0.1, -0.05) is 0 Å². The van der Waals surface area contributed by atoms with Crippen molar-refractivity contribution in [1.29, 1.82) is 0 Å². The van der Waals surface area contributed by atoms with Crippen LogP contribution in [0.25, 0.3) is 0 Å². The third kappa shape index (κ3) is 4.03. The van der Waals surface area contributed by atoms with Gasteiger partial charge in [0.05, 0.1) is 5.92 Å². The van der Waals surface area contributed by atoms with Crippen LogP contribution >= 0.6 is 0 Å². The first-order chi connectivity index (χ1) is 12.0. The summed E-state index contributed by atoms with van der Waals surface area (Å²) < 4.78 is 0. The number of carbonyl (C=O) groups is 2. The van der Waals surface area contributed by atoms with E-state index in [0.29, 0.717) is 11.9 Å². The van der Waals surface area contributed by atoms with Crippen molar-refractivity contribution in [2.45, 2.75) is 33.2 Å². The molecule has 1 atom stereocenters. The Balaban J connectivity index is 1.55. The van der Waals surface area contributed by atoms with Gasteiger partial charge in [0.15, 0.2) is 5.78 Å². The van der Waals surface area contributed by atoms with Crippen LogP contribution in [0.15, 0.2) is 24.3 Å². The molecule has 5 heteroatoms. The number of rotatable bonds is 4. The maximum absolute atomic E-state index is 12.8. The highest BCUT2D eigenvalue weighted by Gasteiger charge is 2.33. The van der Waals surface area contributed by atoms with Gasteiger partial charge in [0.2, 0.25) is 5.91 Å². The van der Waals surface area contributed by atoms with Crippen LogP contribution in [0.1, 0.15) is 37.6 Å². The molecule has 2 aliphatic rings. The molecule has 25 heavy (non-hydrogen) atoms. The Bertz CT molecular complexity index is 618. The monoisotopic (exact) mass is 343 g/mol. The van der Waals surface area contributed by atoms with Crippen molar-refractivity contribution < 1.29 is 9.59 Å². The first-order valence-electron chi connectivity index (χ1n) is 9.34. The van der Waals surface area contributed by atoms with E-state index < -0.39 is 0 Å². The first-order valence-corrected chi connectivity index (χ1v) is 9.34. The van der Waals surface area contributed by atoms with Crippen LogP contribution < -0.4 is 4.90 Å². The summed E-state index contributed by atoms with van der Waals surface area (Å²) in [6, 6.07) is 8.28. The number of Topliss-reactive ketones (excluding diaryl/α,β-unsaturated/α-hetero) is 1. The lowest BCUT2D eigenvalue weighted by atomic mass is 10.1. The van der Waals surface area contributed by atoms with E-state index >= 15 is 0 Å². The smallest absolute Gasteiger partial charge is 0.227 e.